The number of nitrogens with one attached hydrogen (secondary N) is 2. The quantitative estimate of drug-likeness (QED) is 0.722. The molecule has 22 heavy (non-hydrogen) atoms. The molecule has 0 aliphatic rings. The van der Waals surface area contributed by atoms with Crippen LogP contribution in [0.4, 0.5) is 0 Å². The van der Waals surface area contributed by atoms with Gasteiger partial charge in [0.25, 0.3) is 0 Å². The number of aromatic amines is 1. The van der Waals surface area contributed by atoms with Crippen molar-refractivity contribution in [2.45, 2.75) is 25.1 Å². The van der Waals surface area contributed by atoms with Crippen LogP contribution in [-0.2, 0) is 11.4 Å². The molecule has 0 unspecified atom stereocenters. The second-order valence-electron chi connectivity index (χ2n) is 4.45. The number of amides is 1. The summed E-state index contributed by atoms with van der Waals surface area (Å²) in [5, 5.41) is 10.8. The van der Waals surface area contributed by atoms with Gasteiger partial charge in [-0.25, -0.2) is 4.98 Å². The summed E-state index contributed by atoms with van der Waals surface area (Å²) in [7, 11) is 0. The number of aromatic nitrogens is 3. The van der Waals surface area contributed by atoms with Gasteiger partial charge in [-0.2, -0.15) is 0 Å². The number of hydrogen-bond donors (Lipinski definition) is 2. The molecule has 8 heteroatoms. The molecule has 2 rings (SSSR count). The molecule has 0 aliphatic carbocycles. The monoisotopic (exact) mass is 340 g/mol. The van der Waals surface area contributed by atoms with Crippen LogP contribution >= 0.6 is 23.4 Å². The van der Waals surface area contributed by atoms with Crippen LogP contribution in [0.1, 0.15) is 19.2 Å². The van der Waals surface area contributed by atoms with E-state index in [1.807, 2.05) is 6.92 Å². The number of carbonyl (C=O) groups excluding carboxylic acids is 1. The zero-order chi connectivity index (χ0) is 15.8. The maximum atomic E-state index is 11.5. The van der Waals surface area contributed by atoms with Crippen molar-refractivity contribution in [2.75, 3.05) is 12.3 Å². The maximum absolute atomic E-state index is 11.5. The minimum absolute atomic E-state index is 0.0179. The molecule has 0 radical (unpaired) electrons. The van der Waals surface area contributed by atoms with Gasteiger partial charge in [0.2, 0.25) is 11.1 Å². The van der Waals surface area contributed by atoms with Crippen LogP contribution in [0.2, 0.25) is 5.02 Å². The number of nitrogens with zero attached hydrogens (tertiary/aromatic N) is 2. The Hall–Kier alpha value is -1.73. The van der Waals surface area contributed by atoms with Crippen molar-refractivity contribution in [3.63, 3.8) is 0 Å². The summed E-state index contributed by atoms with van der Waals surface area (Å²) in [4.78, 5) is 15.7. The van der Waals surface area contributed by atoms with Crippen LogP contribution in [0.5, 0.6) is 5.75 Å². The van der Waals surface area contributed by atoms with Crippen molar-refractivity contribution in [1.82, 2.24) is 20.5 Å². The molecule has 0 aliphatic heterocycles. The van der Waals surface area contributed by atoms with Crippen LogP contribution in [0, 0.1) is 0 Å². The number of halogens is 1. The fourth-order valence-electron chi connectivity index (χ4n) is 1.53. The van der Waals surface area contributed by atoms with E-state index in [9.17, 15) is 4.79 Å². The molecule has 1 aromatic heterocycles. The fraction of sp³-hybridized carbons (Fsp3) is 0.357. The van der Waals surface area contributed by atoms with Crippen LogP contribution in [0.15, 0.2) is 29.4 Å². The Morgan fingerprint density at radius 1 is 1.41 bits per heavy atom. The van der Waals surface area contributed by atoms with Gasteiger partial charge in [0, 0.05) is 11.6 Å². The molecule has 1 amide bonds. The molecule has 0 saturated carbocycles. The Kier molecular flexibility index (Phi) is 6.54. The predicted octanol–water partition coefficient (Wildman–Crippen LogP) is 2.66. The molecule has 118 valence electrons. The standard InChI is InChI=1S/C14H17ClN4O2S/c1-2-7-16-13(20)9-22-14-17-12(18-19-14)8-21-11-5-3-10(15)4-6-11/h3-6H,2,7-9H2,1H3,(H,16,20)(H,17,18,19). The average molecular weight is 341 g/mol. The zero-order valence-electron chi connectivity index (χ0n) is 12.1. The van der Waals surface area contributed by atoms with Gasteiger partial charge in [-0.1, -0.05) is 30.3 Å². The van der Waals surface area contributed by atoms with Gasteiger partial charge < -0.3 is 10.1 Å². The maximum Gasteiger partial charge on any atom is 0.230 e. The summed E-state index contributed by atoms with van der Waals surface area (Å²) in [5.74, 6) is 1.59. The third-order valence-corrected chi connectivity index (χ3v) is 3.70. The summed E-state index contributed by atoms with van der Waals surface area (Å²) < 4.78 is 5.56. The molecule has 0 bridgehead atoms. The van der Waals surface area contributed by atoms with E-state index in [1.54, 1.807) is 24.3 Å². The lowest BCUT2D eigenvalue weighted by molar-refractivity contribution is -0.118. The van der Waals surface area contributed by atoms with E-state index >= 15 is 0 Å². The molecule has 0 saturated heterocycles. The summed E-state index contributed by atoms with van der Waals surface area (Å²) in [6.07, 6.45) is 0.920. The highest BCUT2D eigenvalue weighted by molar-refractivity contribution is 7.99. The van der Waals surface area contributed by atoms with E-state index in [0.717, 1.165) is 6.42 Å². The summed E-state index contributed by atoms with van der Waals surface area (Å²) in [5.41, 5.74) is 0. The minimum Gasteiger partial charge on any atom is -0.486 e. The van der Waals surface area contributed by atoms with E-state index in [1.165, 1.54) is 11.8 Å². The highest BCUT2D eigenvalue weighted by Gasteiger charge is 2.07. The molecule has 1 heterocycles. The Morgan fingerprint density at radius 3 is 2.91 bits per heavy atom. The smallest absolute Gasteiger partial charge is 0.230 e. The average Bonchev–Trinajstić information content (AvgIpc) is 2.98. The first-order chi connectivity index (χ1) is 10.7. The first-order valence-electron chi connectivity index (χ1n) is 6.86. The summed E-state index contributed by atoms with van der Waals surface area (Å²) >= 11 is 7.09. The van der Waals surface area contributed by atoms with Crippen molar-refractivity contribution < 1.29 is 9.53 Å². The van der Waals surface area contributed by atoms with Crippen molar-refractivity contribution in [1.29, 1.82) is 0 Å². The number of rotatable bonds is 8. The fourth-order valence-corrected chi connectivity index (χ4v) is 2.31. The van der Waals surface area contributed by atoms with Crippen LogP contribution in [0.25, 0.3) is 0 Å². The van der Waals surface area contributed by atoms with Crippen molar-refractivity contribution in [3.8, 4) is 5.75 Å². The number of H-pyrrole nitrogens is 1. The highest BCUT2D eigenvalue weighted by atomic mass is 35.5. The Bertz CT molecular complexity index is 603. The van der Waals surface area contributed by atoms with Gasteiger partial charge >= 0.3 is 0 Å². The first-order valence-corrected chi connectivity index (χ1v) is 8.23. The van der Waals surface area contributed by atoms with Crippen LogP contribution in [0.3, 0.4) is 0 Å². The lowest BCUT2D eigenvalue weighted by atomic mass is 10.3. The molecule has 0 spiro atoms. The number of benzene rings is 1. The SMILES string of the molecule is CCCNC(=O)CSc1n[nH]c(COc2ccc(Cl)cc2)n1. The van der Waals surface area contributed by atoms with Crippen molar-refractivity contribution in [3.05, 3.63) is 35.1 Å². The highest BCUT2D eigenvalue weighted by Crippen LogP contribution is 2.17. The summed E-state index contributed by atoms with van der Waals surface area (Å²) in [6, 6.07) is 7.08. The van der Waals surface area contributed by atoms with E-state index in [4.69, 9.17) is 16.3 Å². The normalized spacial score (nSPS) is 10.5. The Balaban J connectivity index is 1.76. The summed E-state index contributed by atoms with van der Waals surface area (Å²) in [6.45, 7) is 2.97. The minimum atomic E-state index is -0.0179. The molecular weight excluding hydrogens is 324 g/mol. The lowest BCUT2D eigenvalue weighted by Crippen LogP contribution is -2.25. The molecule has 6 nitrogen and oxygen atoms in total. The number of ether oxygens (including phenoxy) is 1. The first kappa shape index (κ1) is 16.6. The van der Waals surface area contributed by atoms with Crippen LogP contribution < -0.4 is 10.1 Å². The predicted molar refractivity (Wildman–Crippen MR) is 86.2 cm³/mol. The molecule has 0 atom stereocenters. The van der Waals surface area contributed by atoms with E-state index in [2.05, 4.69) is 20.5 Å². The van der Waals surface area contributed by atoms with Crippen molar-refractivity contribution >= 4 is 29.3 Å². The third-order valence-electron chi connectivity index (χ3n) is 2.60. The van der Waals surface area contributed by atoms with Gasteiger partial charge in [0.05, 0.1) is 5.75 Å². The van der Waals surface area contributed by atoms with Crippen LogP contribution in [-0.4, -0.2) is 33.4 Å². The van der Waals surface area contributed by atoms with Gasteiger partial charge in [-0.05, 0) is 30.7 Å². The van der Waals surface area contributed by atoms with Gasteiger partial charge in [0.15, 0.2) is 5.82 Å². The zero-order valence-corrected chi connectivity index (χ0v) is 13.7. The van der Waals surface area contributed by atoms with E-state index in [0.29, 0.717) is 34.1 Å². The molecule has 1 aromatic carbocycles. The topological polar surface area (TPSA) is 79.9 Å². The Labute approximate surface area is 138 Å². The van der Waals surface area contributed by atoms with E-state index < -0.39 is 0 Å². The van der Waals surface area contributed by atoms with Gasteiger partial charge in [0.1, 0.15) is 12.4 Å². The largest absolute Gasteiger partial charge is 0.486 e. The van der Waals surface area contributed by atoms with Gasteiger partial charge in [-0.3, -0.25) is 9.89 Å². The van der Waals surface area contributed by atoms with E-state index in [-0.39, 0.29) is 12.5 Å². The molecule has 2 N–H and O–H groups in total. The second-order valence-corrected chi connectivity index (χ2v) is 5.82. The lowest BCUT2D eigenvalue weighted by Gasteiger charge is -2.03. The third kappa shape index (κ3) is 5.57. The number of hydrogen-bond acceptors (Lipinski definition) is 5. The molecular formula is C14H17ClN4O2S. The number of carbonyl (C=O) groups is 1. The molecule has 0 fully saturated rings. The van der Waals surface area contributed by atoms with Crippen molar-refractivity contribution in [2.24, 2.45) is 0 Å². The molecule has 2 aromatic rings. The second kappa shape index (κ2) is 8.65. The van der Waals surface area contributed by atoms with Gasteiger partial charge in [-0.15, -0.1) is 5.10 Å². The Morgan fingerprint density at radius 2 is 2.18 bits per heavy atom. The number of thioether (sulfide) groups is 1.